The molecule has 4 heteroatoms. The fourth-order valence-corrected chi connectivity index (χ4v) is 3.39. The number of rotatable bonds is 4. The van der Waals surface area contributed by atoms with Crippen molar-refractivity contribution < 1.29 is 4.21 Å². The van der Waals surface area contributed by atoms with Crippen LogP contribution in [-0.2, 0) is 22.3 Å². The van der Waals surface area contributed by atoms with E-state index in [1.54, 1.807) is 18.3 Å². The molecule has 1 atom stereocenters. The molecule has 0 aliphatic carbocycles. The minimum atomic E-state index is -0.986. The molecule has 102 valence electrons. The first-order valence-corrected chi connectivity index (χ1v) is 7.83. The van der Waals surface area contributed by atoms with Gasteiger partial charge in [-0.2, -0.15) is 5.26 Å². The maximum atomic E-state index is 12.2. The lowest BCUT2D eigenvalue weighted by atomic mass is 10.1. The summed E-state index contributed by atoms with van der Waals surface area (Å²) >= 11 is 0. The molecule has 20 heavy (non-hydrogen) atoms. The average Bonchev–Trinajstić information content (AvgIpc) is 2.37. The predicted octanol–water partition coefficient (Wildman–Crippen LogP) is 3.02. The molecule has 0 saturated carbocycles. The van der Waals surface area contributed by atoms with Crippen LogP contribution in [0.15, 0.2) is 36.5 Å². The molecule has 3 nitrogen and oxygen atoms in total. The van der Waals surface area contributed by atoms with Gasteiger partial charge < -0.3 is 0 Å². The lowest BCUT2D eigenvalue weighted by molar-refractivity contribution is 0.682. The summed E-state index contributed by atoms with van der Waals surface area (Å²) in [5, 5.41) is 8.80. The first-order valence-electron chi connectivity index (χ1n) is 6.34. The molecule has 2 aromatic rings. The molecule has 0 bridgehead atoms. The summed E-state index contributed by atoms with van der Waals surface area (Å²) in [6.45, 7) is 4.09. The third kappa shape index (κ3) is 4.01. The Balaban J connectivity index is 2.07. The van der Waals surface area contributed by atoms with Crippen LogP contribution >= 0.6 is 0 Å². The van der Waals surface area contributed by atoms with E-state index in [4.69, 9.17) is 5.26 Å². The van der Waals surface area contributed by atoms with Crippen LogP contribution in [0, 0.1) is 25.2 Å². The number of aromatic nitrogens is 1. The molecule has 2 rings (SSSR count). The van der Waals surface area contributed by atoms with Crippen LogP contribution in [0.5, 0.6) is 0 Å². The van der Waals surface area contributed by atoms with Crippen molar-refractivity contribution in [2.45, 2.75) is 25.4 Å². The molecule has 0 spiro atoms. The Morgan fingerprint density at radius 3 is 2.40 bits per heavy atom. The highest BCUT2D eigenvalue weighted by molar-refractivity contribution is 7.83. The maximum absolute atomic E-state index is 12.2. The molecule has 0 amide bonds. The smallest absolute Gasteiger partial charge is 0.140 e. The Labute approximate surface area is 121 Å². The first kappa shape index (κ1) is 14.4. The van der Waals surface area contributed by atoms with Crippen molar-refractivity contribution in [1.82, 2.24) is 4.98 Å². The van der Waals surface area contributed by atoms with Gasteiger partial charge in [0, 0.05) is 28.5 Å². The lowest BCUT2D eigenvalue weighted by Crippen LogP contribution is -2.01. The Morgan fingerprint density at radius 2 is 1.75 bits per heavy atom. The fraction of sp³-hybridized carbons (Fsp3) is 0.250. The Kier molecular flexibility index (Phi) is 4.65. The maximum Gasteiger partial charge on any atom is 0.140 e. The van der Waals surface area contributed by atoms with E-state index in [0.717, 1.165) is 11.1 Å². The number of pyridine rings is 1. The van der Waals surface area contributed by atoms with Crippen LogP contribution in [0.25, 0.3) is 0 Å². The molecule has 0 aliphatic rings. The van der Waals surface area contributed by atoms with Gasteiger partial charge in [-0.25, -0.2) is 4.98 Å². The summed E-state index contributed by atoms with van der Waals surface area (Å²) in [5.41, 5.74) is 4.72. The Bertz CT molecular complexity index is 669. The van der Waals surface area contributed by atoms with Gasteiger partial charge in [-0.1, -0.05) is 29.3 Å². The summed E-state index contributed by atoms with van der Waals surface area (Å²) in [4.78, 5) is 3.91. The number of aryl methyl sites for hydroxylation is 2. The second-order valence-corrected chi connectivity index (χ2v) is 6.34. The molecule has 0 fully saturated rings. The van der Waals surface area contributed by atoms with Crippen molar-refractivity contribution in [3.8, 4) is 6.07 Å². The van der Waals surface area contributed by atoms with E-state index in [0.29, 0.717) is 17.2 Å². The largest absolute Gasteiger partial charge is 0.259 e. The summed E-state index contributed by atoms with van der Waals surface area (Å²) < 4.78 is 12.2. The van der Waals surface area contributed by atoms with E-state index in [9.17, 15) is 4.21 Å². The molecule has 0 aliphatic heterocycles. The number of nitrogens with zero attached hydrogens (tertiary/aromatic N) is 2. The second-order valence-electron chi connectivity index (χ2n) is 4.89. The van der Waals surface area contributed by atoms with Gasteiger partial charge in [-0.05, 0) is 37.1 Å². The van der Waals surface area contributed by atoms with Crippen LogP contribution in [0.2, 0.25) is 0 Å². The van der Waals surface area contributed by atoms with Gasteiger partial charge in [0.15, 0.2) is 0 Å². The van der Waals surface area contributed by atoms with Gasteiger partial charge in [0.05, 0.1) is 0 Å². The molecule has 0 radical (unpaired) electrons. The molecule has 1 unspecified atom stereocenters. The zero-order chi connectivity index (χ0) is 14.5. The van der Waals surface area contributed by atoms with Gasteiger partial charge in [0.2, 0.25) is 0 Å². The van der Waals surface area contributed by atoms with Gasteiger partial charge >= 0.3 is 0 Å². The highest BCUT2D eigenvalue weighted by Gasteiger charge is 2.06. The van der Waals surface area contributed by atoms with Gasteiger partial charge in [0.25, 0.3) is 0 Å². The quantitative estimate of drug-likeness (QED) is 0.867. The monoisotopic (exact) mass is 284 g/mol. The van der Waals surface area contributed by atoms with Crippen molar-refractivity contribution in [3.05, 3.63) is 64.5 Å². The Hall–Kier alpha value is -1.99. The van der Waals surface area contributed by atoms with E-state index in [2.05, 4.69) is 23.2 Å². The molecule has 1 aromatic carbocycles. The third-order valence-corrected chi connectivity index (χ3v) is 4.19. The molecule has 0 N–H and O–H groups in total. The highest BCUT2D eigenvalue weighted by Crippen LogP contribution is 2.13. The fourth-order valence-electron chi connectivity index (χ4n) is 2.20. The summed E-state index contributed by atoms with van der Waals surface area (Å²) in [5.74, 6) is 0.983. The number of benzene rings is 1. The van der Waals surface area contributed by atoms with Crippen LogP contribution < -0.4 is 0 Å². The van der Waals surface area contributed by atoms with Gasteiger partial charge in [0.1, 0.15) is 11.8 Å². The second kappa shape index (κ2) is 6.44. The van der Waals surface area contributed by atoms with Crippen molar-refractivity contribution in [1.29, 1.82) is 5.26 Å². The van der Waals surface area contributed by atoms with Crippen molar-refractivity contribution >= 4 is 10.8 Å². The summed E-state index contributed by atoms with van der Waals surface area (Å²) in [6.07, 6.45) is 1.59. The third-order valence-electron chi connectivity index (χ3n) is 2.88. The molecular formula is C16H16N2OS. The summed E-state index contributed by atoms with van der Waals surface area (Å²) in [7, 11) is -0.986. The van der Waals surface area contributed by atoms with E-state index in [-0.39, 0.29) is 0 Å². The molecule has 1 heterocycles. The van der Waals surface area contributed by atoms with Crippen LogP contribution in [0.4, 0.5) is 0 Å². The van der Waals surface area contributed by atoms with Crippen molar-refractivity contribution in [2.75, 3.05) is 0 Å². The van der Waals surface area contributed by atoms with Gasteiger partial charge in [-0.3, -0.25) is 4.21 Å². The number of hydrogen-bond acceptors (Lipinski definition) is 3. The van der Waals surface area contributed by atoms with E-state index < -0.39 is 10.8 Å². The molecular weight excluding hydrogens is 268 g/mol. The van der Waals surface area contributed by atoms with Crippen molar-refractivity contribution in [2.24, 2.45) is 0 Å². The average molecular weight is 284 g/mol. The zero-order valence-corrected chi connectivity index (χ0v) is 12.4. The van der Waals surface area contributed by atoms with E-state index in [1.165, 1.54) is 11.1 Å². The molecule has 1 aromatic heterocycles. The minimum absolute atomic E-state index is 0.367. The Morgan fingerprint density at radius 1 is 1.10 bits per heavy atom. The normalized spacial score (nSPS) is 11.8. The summed E-state index contributed by atoms with van der Waals surface area (Å²) in [6, 6.07) is 11.7. The van der Waals surface area contributed by atoms with E-state index >= 15 is 0 Å². The van der Waals surface area contributed by atoms with Crippen LogP contribution in [0.3, 0.4) is 0 Å². The lowest BCUT2D eigenvalue weighted by Gasteiger charge is -2.06. The van der Waals surface area contributed by atoms with E-state index in [1.807, 2.05) is 19.9 Å². The first-order chi connectivity index (χ1) is 9.56. The van der Waals surface area contributed by atoms with Crippen LogP contribution in [0.1, 0.15) is 27.9 Å². The zero-order valence-electron chi connectivity index (χ0n) is 11.6. The van der Waals surface area contributed by atoms with Crippen molar-refractivity contribution in [3.63, 3.8) is 0 Å². The topological polar surface area (TPSA) is 53.8 Å². The number of hydrogen-bond donors (Lipinski definition) is 0. The highest BCUT2D eigenvalue weighted by atomic mass is 32.2. The molecule has 0 saturated heterocycles. The SMILES string of the molecule is Cc1cc(C)cc(CS(=O)Cc2ccnc(C#N)c2)c1. The predicted molar refractivity (Wildman–Crippen MR) is 80.4 cm³/mol. The standard InChI is InChI=1S/C16H16N2OS/c1-12-5-13(2)7-15(6-12)11-20(19)10-14-3-4-18-16(8-14)9-17/h3-8H,10-11H2,1-2H3. The number of nitriles is 1. The van der Waals surface area contributed by atoms with Crippen LogP contribution in [-0.4, -0.2) is 9.19 Å². The minimum Gasteiger partial charge on any atom is -0.259 e. The van der Waals surface area contributed by atoms with Gasteiger partial charge in [-0.15, -0.1) is 0 Å².